The van der Waals surface area contributed by atoms with E-state index in [0.29, 0.717) is 12.1 Å². The van der Waals surface area contributed by atoms with Crippen LogP contribution in [0, 0.1) is 5.82 Å². The largest absolute Gasteiger partial charge is 0.396 e. The van der Waals surface area contributed by atoms with Crippen LogP contribution in [0.15, 0.2) is 24.3 Å². The number of halogens is 1. The van der Waals surface area contributed by atoms with Crippen LogP contribution in [0.25, 0.3) is 0 Å². The van der Waals surface area contributed by atoms with Gasteiger partial charge in [-0.2, -0.15) is 0 Å². The molecule has 0 bridgehead atoms. The Bertz CT molecular complexity index is 409. The molecule has 1 aromatic carbocycles. The summed E-state index contributed by atoms with van der Waals surface area (Å²) in [6.07, 6.45) is 1.98. The number of aliphatic hydroxyl groups is 1. The van der Waals surface area contributed by atoms with Crippen LogP contribution in [0.4, 0.5) is 10.1 Å². The standard InChI is InChI=1S/C15H23FN2O2/c1-11(4-3-9-19)17-12(2)10-15(20)18-14-7-5-13(16)6-8-14/h5-8,11-12,17,19H,3-4,9-10H2,1-2H3,(H,18,20). The minimum absolute atomic E-state index is 0.0455. The van der Waals surface area contributed by atoms with E-state index in [1.54, 1.807) is 0 Å². The van der Waals surface area contributed by atoms with Gasteiger partial charge in [-0.1, -0.05) is 0 Å². The van der Waals surface area contributed by atoms with Crippen LogP contribution in [0.1, 0.15) is 33.1 Å². The molecule has 4 nitrogen and oxygen atoms in total. The first-order chi connectivity index (χ1) is 9.51. The molecule has 2 atom stereocenters. The zero-order valence-corrected chi connectivity index (χ0v) is 12.0. The van der Waals surface area contributed by atoms with Crippen LogP contribution in [0.3, 0.4) is 0 Å². The molecule has 2 unspecified atom stereocenters. The summed E-state index contributed by atoms with van der Waals surface area (Å²) in [5.41, 5.74) is 0.594. The van der Waals surface area contributed by atoms with Gasteiger partial charge in [0.1, 0.15) is 5.82 Å². The third kappa shape index (κ3) is 6.63. The van der Waals surface area contributed by atoms with Gasteiger partial charge in [0.15, 0.2) is 0 Å². The Morgan fingerprint density at radius 2 is 1.90 bits per heavy atom. The van der Waals surface area contributed by atoms with Gasteiger partial charge in [-0.05, 0) is 51.0 Å². The topological polar surface area (TPSA) is 61.4 Å². The number of anilines is 1. The van der Waals surface area contributed by atoms with Gasteiger partial charge in [-0.25, -0.2) is 4.39 Å². The molecule has 0 fully saturated rings. The number of hydrogen-bond donors (Lipinski definition) is 3. The maximum Gasteiger partial charge on any atom is 0.225 e. The number of rotatable bonds is 8. The number of benzene rings is 1. The molecule has 5 heteroatoms. The Hall–Kier alpha value is -1.46. The summed E-state index contributed by atoms with van der Waals surface area (Å²) in [6, 6.07) is 6.01. The highest BCUT2D eigenvalue weighted by Gasteiger charge is 2.11. The molecule has 112 valence electrons. The molecule has 1 aromatic rings. The van der Waals surface area contributed by atoms with Crippen molar-refractivity contribution in [1.82, 2.24) is 5.32 Å². The molecule has 3 N–H and O–H groups in total. The van der Waals surface area contributed by atoms with Crippen LogP contribution < -0.4 is 10.6 Å². The van der Waals surface area contributed by atoms with E-state index in [1.165, 1.54) is 24.3 Å². The first-order valence-electron chi connectivity index (χ1n) is 6.93. The number of hydrogen-bond acceptors (Lipinski definition) is 3. The molecule has 0 aromatic heterocycles. The van der Waals surface area contributed by atoms with E-state index in [4.69, 9.17) is 5.11 Å². The summed E-state index contributed by atoms with van der Waals surface area (Å²) in [5.74, 6) is -0.429. The molecular weight excluding hydrogens is 259 g/mol. The van der Waals surface area contributed by atoms with Crippen LogP contribution in [-0.2, 0) is 4.79 Å². The van der Waals surface area contributed by atoms with Crippen LogP contribution in [0.5, 0.6) is 0 Å². The molecule has 0 aliphatic rings. The molecule has 1 rings (SSSR count). The maximum atomic E-state index is 12.7. The van der Waals surface area contributed by atoms with Crippen molar-refractivity contribution in [2.24, 2.45) is 0 Å². The fourth-order valence-electron chi connectivity index (χ4n) is 2.05. The van der Waals surface area contributed by atoms with Gasteiger partial charge < -0.3 is 15.7 Å². The van der Waals surface area contributed by atoms with Crippen LogP contribution in [-0.4, -0.2) is 29.7 Å². The van der Waals surface area contributed by atoms with E-state index in [1.807, 2.05) is 13.8 Å². The quantitative estimate of drug-likeness (QED) is 0.685. The highest BCUT2D eigenvalue weighted by atomic mass is 19.1. The number of nitrogens with one attached hydrogen (secondary N) is 2. The first kappa shape index (κ1) is 16.6. The molecule has 20 heavy (non-hydrogen) atoms. The average molecular weight is 282 g/mol. The molecule has 0 aliphatic heterocycles. The average Bonchev–Trinajstić information content (AvgIpc) is 2.38. The number of amides is 1. The summed E-state index contributed by atoms with van der Waals surface area (Å²) >= 11 is 0. The smallest absolute Gasteiger partial charge is 0.225 e. The monoisotopic (exact) mass is 282 g/mol. The van der Waals surface area contributed by atoms with Gasteiger partial charge in [0, 0.05) is 30.8 Å². The fourth-order valence-corrected chi connectivity index (χ4v) is 2.05. The van der Waals surface area contributed by atoms with Crippen molar-refractivity contribution in [3.8, 4) is 0 Å². The molecule has 0 saturated heterocycles. The Morgan fingerprint density at radius 1 is 1.25 bits per heavy atom. The van der Waals surface area contributed by atoms with E-state index < -0.39 is 0 Å². The molecular formula is C15H23FN2O2. The predicted octanol–water partition coefficient (Wildman–Crippen LogP) is 2.29. The van der Waals surface area contributed by atoms with Crippen LogP contribution >= 0.6 is 0 Å². The fraction of sp³-hybridized carbons (Fsp3) is 0.533. The maximum absolute atomic E-state index is 12.7. The van der Waals surface area contributed by atoms with Gasteiger partial charge in [0.25, 0.3) is 0 Å². The van der Waals surface area contributed by atoms with Crippen molar-refractivity contribution in [3.05, 3.63) is 30.1 Å². The lowest BCUT2D eigenvalue weighted by Crippen LogP contribution is -2.37. The lowest BCUT2D eigenvalue weighted by atomic mass is 10.1. The third-order valence-corrected chi connectivity index (χ3v) is 2.98. The SMILES string of the molecule is CC(CCCO)NC(C)CC(=O)Nc1ccc(F)cc1. The van der Waals surface area contributed by atoms with E-state index >= 15 is 0 Å². The van der Waals surface area contributed by atoms with Crippen molar-refractivity contribution >= 4 is 11.6 Å². The Labute approximate surface area is 119 Å². The molecule has 0 saturated carbocycles. The Kier molecular flexibility index (Phi) is 7.18. The third-order valence-electron chi connectivity index (χ3n) is 2.98. The highest BCUT2D eigenvalue weighted by molar-refractivity contribution is 5.91. The number of carbonyl (C=O) groups is 1. The lowest BCUT2D eigenvalue weighted by Gasteiger charge is -2.19. The van der Waals surface area contributed by atoms with E-state index in [9.17, 15) is 9.18 Å². The molecule has 0 radical (unpaired) electrons. The van der Waals surface area contributed by atoms with Crippen molar-refractivity contribution in [3.63, 3.8) is 0 Å². The van der Waals surface area contributed by atoms with E-state index in [-0.39, 0.29) is 30.4 Å². The summed E-state index contributed by atoms with van der Waals surface area (Å²) in [5, 5.41) is 14.8. The second-order valence-corrected chi connectivity index (χ2v) is 5.09. The minimum Gasteiger partial charge on any atom is -0.396 e. The molecule has 1 amide bonds. The minimum atomic E-state index is -0.323. The van der Waals surface area contributed by atoms with E-state index in [0.717, 1.165) is 12.8 Å². The zero-order chi connectivity index (χ0) is 15.0. The molecule has 0 aliphatic carbocycles. The Balaban J connectivity index is 2.32. The zero-order valence-electron chi connectivity index (χ0n) is 12.0. The summed E-state index contributed by atoms with van der Waals surface area (Å²) in [6.45, 7) is 4.16. The van der Waals surface area contributed by atoms with Crippen molar-refractivity contribution in [2.75, 3.05) is 11.9 Å². The van der Waals surface area contributed by atoms with Crippen molar-refractivity contribution in [2.45, 2.75) is 45.2 Å². The van der Waals surface area contributed by atoms with E-state index in [2.05, 4.69) is 10.6 Å². The van der Waals surface area contributed by atoms with Gasteiger partial charge in [0.2, 0.25) is 5.91 Å². The number of aliphatic hydroxyl groups excluding tert-OH is 1. The van der Waals surface area contributed by atoms with Gasteiger partial charge in [-0.3, -0.25) is 4.79 Å². The van der Waals surface area contributed by atoms with Gasteiger partial charge in [0.05, 0.1) is 0 Å². The molecule has 0 heterocycles. The predicted molar refractivity (Wildman–Crippen MR) is 78.0 cm³/mol. The van der Waals surface area contributed by atoms with Crippen molar-refractivity contribution in [1.29, 1.82) is 0 Å². The Morgan fingerprint density at radius 3 is 2.50 bits per heavy atom. The number of carbonyl (C=O) groups excluding carboxylic acids is 1. The van der Waals surface area contributed by atoms with Gasteiger partial charge in [-0.15, -0.1) is 0 Å². The summed E-state index contributed by atoms with van der Waals surface area (Å²) in [4.78, 5) is 11.8. The first-order valence-corrected chi connectivity index (χ1v) is 6.93. The normalized spacial score (nSPS) is 13.8. The second-order valence-electron chi connectivity index (χ2n) is 5.09. The van der Waals surface area contributed by atoms with Crippen molar-refractivity contribution < 1.29 is 14.3 Å². The van der Waals surface area contributed by atoms with Crippen LogP contribution in [0.2, 0.25) is 0 Å². The summed E-state index contributed by atoms with van der Waals surface area (Å²) in [7, 11) is 0. The van der Waals surface area contributed by atoms with Gasteiger partial charge >= 0.3 is 0 Å². The lowest BCUT2D eigenvalue weighted by molar-refractivity contribution is -0.116. The highest BCUT2D eigenvalue weighted by Crippen LogP contribution is 2.09. The summed E-state index contributed by atoms with van der Waals surface area (Å²) < 4.78 is 12.7. The second kappa shape index (κ2) is 8.66. The molecule has 0 spiro atoms.